The maximum atomic E-state index is 13.6. The first-order chi connectivity index (χ1) is 10.2. The molecule has 0 spiro atoms. The van der Waals surface area contributed by atoms with Crippen molar-refractivity contribution in [3.63, 3.8) is 0 Å². The summed E-state index contributed by atoms with van der Waals surface area (Å²) in [5.74, 6) is 0.636. The van der Waals surface area contributed by atoms with Crippen LogP contribution in [0.4, 0.5) is 4.39 Å². The third kappa shape index (κ3) is 3.17. The lowest BCUT2D eigenvalue weighted by Crippen LogP contribution is -2.40. The van der Waals surface area contributed by atoms with Crippen LogP contribution in [0.2, 0.25) is 0 Å². The molecule has 2 fully saturated rings. The number of hydrogen-bond donors (Lipinski definition) is 1. The molecule has 21 heavy (non-hydrogen) atoms. The van der Waals surface area contributed by atoms with Gasteiger partial charge in [0.25, 0.3) is 0 Å². The zero-order valence-corrected chi connectivity index (χ0v) is 14.0. The highest BCUT2D eigenvalue weighted by Crippen LogP contribution is 2.40. The van der Waals surface area contributed by atoms with Crippen LogP contribution in [0, 0.1) is 11.7 Å². The van der Waals surface area contributed by atoms with E-state index in [1.165, 1.54) is 44.6 Å². The van der Waals surface area contributed by atoms with E-state index in [0.29, 0.717) is 12.6 Å². The molecule has 116 valence electrons. The van der Waals surface area contributed by atoms with Crippen molar-refractivity contribution >= 4 is 15.9 Å². The van der Waals surface area contributed by atoms with Crippen molar-refractivity contribution in [3.05, 3.63) is 34.1 Å². The second kappa shape index (κ2) is 6.76. The molecule has 1 aromatic rings. The van der Waals surface area contributed by atoms with Gasteiger partial charge in [0.15, 0.2) is 0 Å². The number of halogens is 2. The van der Waals surface area contributed by atoms with Crippen LogP contribution in [0.15, 0.2) is 22.7 Å². The van der Waals surface area contributed by atoms with Crippen molar-refractivity contribution in [2.24, 2.45) is 11.7 Å². The molecule has 2 nitrogen and oxygen atoms in total. The highest BCUT2D eigenvalue weighted by Gasteiger charge is 2.37. The third-order valence-corrected chi connectivity index (χ3v) is 5.95. The lowest BCUT2D eigenvalue weighted by atomic mass is 9.94. The van der Waals surface area contributed by atoms with Crippen LogP contribution in [0.25, 0.3) is 0 Å². The van der Waals surface area contributed by atoms with Gasteiger partial charge in [0.1, 0.15) is 5.82 Å². The molecule has 0 radical (unpaired) electrons. The van der Waals surface area contributed by atoms with Crippen molar-refractivity contribution < 1.29 is 4.39 Å². The smallest absolute Gasteiger partial charge is 0.123 e. The Morgan fingerprint density at radius 3 is 2.71 bits per heavy atom. The Morgan fingerprint density at radius 2 is 2.00 bits per heavy atom. The van der Waals surface area contributed by atoms with Crippen molar-refractivity contribution in [3.8, 4) is 0 Å². The molecule has 1 aromatic carbocycles. The Labute approximate surface area is 135 Å². The lowest BCUT2D eigenvalue weighted by molar-refractivity contribution is 0.137. The first kappa shape index (κ1) is 15.4. The summed E-state index contributed by atoms with van der Waals surface area (Å²) in [7, 11) is 0. The molecule has 2 unspecified atom stereocenters. The quantitative estimate of drug-likeness (QED) is 0.875. The fourth-order valence-electron chi connectivity index (χ4n) is 4.26. The van der Waals surface area contributed by atoms with Gasteiger partial charge in [0, 0.05) is 23.1 Å². The first-order valence-electron chi connectivity index (χ1n) is 8.11. The van der Waals surface area contributed by atoms with Gasteiger partial charge in [-0.25, -0.2) is 4.39 Å². The Morgan fingerprint density at radius 1 is 1.24 bits per heavy atom. The monoisotopic (exact) mass is 354 g/mol. The fraction of sp³-hybridized carbons (Fsp3) is 0.647. The second-order valence-corrected chi connectivity index (χ2v) is 7.26. The summed E-state index contributed by atoms with van der Waals surface area (Å²) in [6.45, 7) is 1.64. The van der Waals surface area contributed by atoms with Crippen LogP contribution in [0.3, 0.4) is 0 Å². The molecule has 2 N–H and O–H groups in total. The van der Waals surface area contributed by atoms with E-state index in [4.69, 9.17) is 5.73 Å². The average Bonchev–Trinajstić information content (AvgIpc) is 3.14. The van der Waals surface area contributed by atoms with Crippen LogP contribution in [0.5, 0.6) is 0 Å². The molecule has 1 aliphatic heterocycles. The molecule has 0 aromatic heterocycles. The van der Waals surface area contributed by atoms with Crippen molar-refractivity contribution in [1.29, 1.82) is 0 Å². The summed E-state index contributed by atoms with van der Waals surface area (Å²) < 4.78 is 14.6. The molecule has 0 amide bonds. The van der Waals surface area contributed by atoms with E-state index in [-0.39, 0.29) is 11.9 Å². The summed E-state index contributed by atoms with van der Waals surface area (Å²) >= 11 is 3.57. The average molecular weight is 355 g/mol. The highest BCUT2D eigenvalue weighted by atomic mass is 79.9. The number of nitrogens with two attached hydrogens (primary N) is 1. The van der Waals surface area contributed by atoms with E-state index in [0.717, 1.165) is 22.5 Å². The Balaban J connectivity index is 1.86. The molecule has 4 heteroatoms. The minimum absolute atomic E-state index is 0.128. The predicted molar refractivity (Wildman–Crippen MR) is 87.6 cm³/mol. The summed E-state index contributed by atoms with van der Waals surface area (Å²) in [5.41, 5.74) is 7.08. The molecule has 3 rings (SSSR count). The van der Waals surface area contributed by atoms with E-state index in [1.54, 1.807) is 12.1 Å². The van der Waals surface area contributed by atoms with Crippen LogP contribution in [-0.4, -0.2) is 24.0 Å². The van der Waals surface area contributed by atoms with Crippen molar-refractivity contribution in [1.82, 2.24) is 4.90 Å². The van der Waals surface area contributed by atoms with E-state index < -0.39 is 0 Å². The van der Waals surface area contributed by atoms with Crippen LogP contribution in [0.1, 0.15) is 50.1 Å². The van der Waals surface area contributed by atoms with Gasteiger partial charge in [0.05, 0.1) is 0 Å². The number of hydrogen-bond acceptors (Lipinski definition) is 2. The minimum Gasteiger partial charge on any atom is -0.329 e. The van der Waals surface area contributed by atoms with Gasteiger partial charge in [-0.15, -0.1) is 0 Å². The zero-order chi connectivity index (χ0) is 14.8. The molecule has 1 saturated heterocycles. The fourth-order valence-corrected chi connectivity index (χ4v) is 4.77. The van der Waals surface area contributed by atoms with Crippen molar-refractivity contribution in [2.75, 3.05) is 13.1 Å². The van der Waals surface area contributed by atoms with E-state index in [9.17, 15) is 4.39 Å². The Kier molecular flexibility index (Phi) is 4.97. The minimum atomic E-state index is -0.178. The van der Waals surface area contributed by atoms with E-state index in [2.05, 4.69) is 20.8 Å². The van der Waals surface area contributed by atoms with Gasteiger partial charge in [-0.3, -0.25) is 4.90 Å². The number of likely N-dealkylation sites (tertiary alicyclic amines) is 1. The van der Waals surface area contributed by atoms with Crippen LogP contribution in [-0.2, 0) is 0 Å². The normalized spacial score (nSPS) is 25.6. The maximum Gasteiger partial charge on any atom is 0.123 e. The standard InChI is InChI=1S/C17H24BrFN2/c18-15-8-7-13(19)10-14(15)17(11-20)21-9-3-6-16(21)12-4-1-2-5-12/h7-8,10,12,16-17H,1-6,9,11,20H2. The number of rotatable bonds is 4. The SMILES string of the molecule is NCC(c1cc(F)ccc1Br)N1CCCC1C1CCCC1. The molecule has 2 aliphatic rings. The lowest BCUT2D eigenvalue weighted by Gasteiger charge is -2.36. The van der Waals surface area contributed by atoms with Gasteiger partial charge < -0.3 is 5.73 Å². The number of nitrogens with zero attached hydrogens (tertiary/aromatic N) is 1. The molecular formula is C17H24BrFN2. The third-order valence-electron chi connectivity index (χ3n) is 5.23. The molecule has 0 bridgehead atoms. The molecule has 2 atom stereocenters. The van der Waals surface area contributed by atoms with Gasteiger partial charge in [0.2, 0.25) is 0 Å². The first-order valence-corrected chi connectivity index (χ1v) is 8.90. The maximum absolute atomic E-state index is 13.6. The van der Waals surface area contributed by atoms with Crippen LogP contribution < -0.4 is 5.73 Å². The number of benzene rings is 1. The molecule has 1 heterocycles. The van der Waals surface area contributed by atoms with E-state index in [1.807, 2.05) is 0 Å². The topological polar surface area (TPSA) is 29.3 Å². The largest absolute Gasteiger partial charge is 0.329 e. The summed E-state index contributed by atoms with van der Waals surface area (Å²) in [4.78, 5) is 2.55. The molecule has 1 saturated carbocycles. The predicted octanol–water partition coefficient (Wildman–Crippen LogP) is 4.24. The zero-order valence-electron chi connectivity index (χ0n) is 12.4. The van der Waals surface area contributed by atoms with Gasteiger partial charge in [-0.2, -0.15) is 0 Å². The van der Waals surface area contributed by atoms with Gasteiger partial charge in [-0.1, -0.05) is 28.8 Å². The molecule has 1 aliphatic carbocycles. The Hall–Kier alpha value is -0.450. The van der Waals surface area contributed by atoms with Gasteiger partial charge in [-0.05, 0) is 61.9 Å². The van der Waals surface area contributed by atoms with Gasteiger partial charge >= 0.3 is 0 Å². The Bertz CT molecular complexity index is 488. The molecular weight excluding hydrogens is 331 g/mol. The van der Waals surface area contributed by atoms with Crippen LogP contribution >= 0.6 is 15.9 Å². The summed E-state index contributed by atoms with van der Waals surface area (Å²) in [6, 6.07) is 5.71. The summed E-state index contributed by atoms with van der Waals surface area (Å²) in [5, 5.41) is 0. The van der Waals surface area contributed by atoms with E-state index >= 15 is 0 Å². The van der Waals surface area contributed by atoms with Crippen molar-refractivity contribution in [2.45, 2.75) is 50.6 Å². The summed E-state index contributed by atoms with van der Waals surface area (Å²) in [6.07, 6.45) is 7.95. The highest BCUT2D eigenvalue weighted by molar-refractivity contribution is 9.10. The second-order valence-electron chi connectivity index (χ2n) is 6.41.